The van der Waals surface area contributed by atoms with Crippen LogP contribution in [0.1, 0.15) is 24.5 Å². The molecule has 5 rings (SSSR count). The highest BCUT2D eigenvalue weighted by Crippen LogP contribution is 2.35. The number of fused-ring (bicyclic) bond motifs is 1. The Hall–Kier alpha value is -2.74. The van der Waals surface area contributed by atoms with E-state index in [0.717, 1.165) is 62.0 Å². The largest absolute Gasteiger partial charge is 0.353 e. The molecule has 26 heavy (non-hydrogen) atoms. The van der Waals surface area contributed by atoms with Gasteiger partial charge in [0.1, 0.15) is 18.0 Å². The minimum Gasteiger partial charge on any atom is -0.353 e. The van der Waals surface area contributed by atoms with Crippen molar-refractivity contribution in [2.45, 2.75) is 24.8 Å². The van der Waals surface area contributed by atoms with E-state index in [-0.39, 0.29) is 0 Å². The molecule has 2 fully saturated rings. The number of nitrogens with two attached hydrogens (primary N) is 1. The summed E-state index contributed by atoms with van der Waals surface area (Å²) in [6, 6.07) is 6.53. The van der Waals surface area contributed by atoms with E-state index in [2.05, 4.69) is 35.9 Å². The van der Waals surface area contributed by atoms with E-state index in [1.165, 1.54) is 0 Å². The van der Waals surface area contributed by atoms with Crippen LogP contribution in [0, 0.1) is 0 Å². The quantitative estimate of drug-likeness (QED) is 0.755. The molecule has 0 unspecified atom stereocenters. The average Bonchev–Trinajstić information content (AvgIpc) is 3.13. The van der Waals surface area contributed by atoms with E-state index in [9.17, 15) is 0 Å². The highest BCUT2D eigenvalue weighted by Gasteiger charge is 2.29. The summed E-state index contributed by atoms with van der Waals surface area (Å²) in [6.07, 6.45) is 7.41. The maximum absolute atomic E-state index is 5.91. The minimum absolute atomic E-state index is 0.335. The first-order valence-corrected chi connectivity index (χ1v) is 9.14. The highest BCUT2D eigenvalue weighted by atomic mass is 15.4. The van der Waals surface area contributed by atoms with Gasteiger partial charge >= 0.3 is 0 Å². The zero-order chi connectivity index (χ0) is 17.5. The number of anilines is 2. The van der Waals surface area contributed by atoms with Crippen LogP contribution in [-0.4, -0.2) is 56.8 Å². The second-order valence-electron chi connectivity index (χ2n) is 7.13. The molecule has 0 aromatic carbocycles. The van der Waals surface area contributed by atoms with Crippen molar-refractivity contribution in [3.05, 3.63) is 42.6 Å². The summed E-state index contributed by atoms with van der Waals surface area (Å²) < 4.78 is 1.82. The van der Waals surface area contributed by atoms with Crippen molar-refractivity contribution in [2.75, 3.05) is 36.0 Å². The number of imidazole rings is 1. The molecule has 0 radical (unpaired) electrons. The normalized spacial score (nSPS) is 23.3. The summed E-state index contributed by atoms with van der Waals surface area (Å²) in [4.78, 5) is 17.8. The predicted octanol–water partition coefficient (Wildman–Crippen LogP) is 1.05. The van der Waals surface area contributed by atoms with E-state index in [4.69, 9.17) is 5.73 Å². The van der Waals surface area contributed by atoms with E-state index in [1.807, 2.05) is 22.8 Å². The van der Waals surface area contributed by atoms with Gasteiger partial charge < -0.3 is 15.5 Å². The lowest BCUT2D eigenvalue weighted by Crippen LogP contribution is -2.47. The van der Waals surface area contributed by atoms with Crippen LogP contribution in [0.2, 0.25) is 0 Å². The molecule has 4 heterocycles. The Bertz CT molecular complexity index is 908. The Kier molecular flexibility index (Phi) is 3.70. The van der Waals surface area contributed by atoms with Gasteiger partial charge in [-0.25, -0.2) is 19.5 Å². The molecular weight excluding hydrogens is 328 g/mol. The lowest BCUT2D eigenvalue weighted by Gasteiger charge is -2.36. The molecule has 8 nitrogen and oxygen atoms in total. The molecule has 1 saturated carbocycles. The zero-order valence-electron chi connectivity index (χ0n) is 14.6. The van der Waals surface area contributed by atoms with Crippen LogP contribution in [0.5, 0.6) is 0 Å². The first kappa shape index (κ1) is 15.5. The van der Waals surface area contributed by atoms with Gasteiger partial charge in [-0.15, -0.1) is 5.10 Å². The molecule has 0 bridgehead atoms. The van der Waals surface area contributed by atoms with Crippen molar-refractivity contribution in [2.24, 2.45) is 5.73 Å². The van der Waals surface area contributed by atoms with Gasteiger partial charge in [-0.3, -0.25) is 0 Å². The maximum atomic E-state index is 5.91. The van der Waals surface area contributed by atoms with Crippen LogP contribution >= 0.6 is 0 Å². The Labute approximate surface area is 151 Å². The predicted molar refractivity (Wildman–Crippen MR) is 99.4 cm³/mol. The standard InChI is InChI=1S/C18H22N8/c19-14-9-13(10-14)15-11-18(22-12-21-15)25-7-5-24(6-8-25)17-2-1-16-20-3-4-26(16)23-17/h1-4,11-14H,5-10,19H2. The number of hydrogen-bond acceptors (Lipinski definition) is 7. The number of aromatic nitrogens is 5. The van der Waals surface area contributed by atoms with Crippen molar-refractivity contribution < 1.29 is 0 Å². The molecule has 1 saturated heterocycles. The van der Waals surface area contributed by atoms with Crippen molar-refractivity contribution in [3.8, 4) is 0 Å². The second kappa shape index (κ2) is 6.21. The van der Waals surface area contributed by atoms with Gasteiger partial charge in [0.2, 0.25) is 0 Å². The van der Waals surface area contributed by atoms with Crippen LogP contribution in [0.15, 0.2) is 36.9 Å². The van der Waals surface area contributed by atoms with E-state index in [0.29, 0.717) is 12.0 Å². The molecule has 0 atom stereocenters. The number of hydrogen-bond donors (Lipinski definition) is 1. The second-order valence-corrected chi connectivity index (χ2v) is 7.13. The number of piperazine rings is 1. The zero-order valence-corrected chi connectivity index (χ0v) is 14.6. The molecule has 2 N–H and O–H groups in total. The average molecular weight is 350 g/mol. The van der Waals surface area contributed by atoms with Gasteiger partial charge in [-0.05, 0) is 25.0 Å². The van der Waals surface area contributed by atoms with Crippen LogP contribution in [0.3, 0.4) is 0 Å². The third kappa shape index (κ3) is 2.76. The molecular formula is C18H22N8. The fourth-order valence-electron chi connectivity index (χ4n) is 3.80. The monoisotopic (exact) mass is 350 g/mol. The van der Waals surface area contributed by atoms with Gasteiger partial charge in [-0.1, -0.05) is 0 Å². The summed E-state index contributed by atoms with van der Waals surface area (Å²) in [5, 5.41) is 4.64. The Balaban J connectivity index is 1.27. The van der Waals surface area contributed by atoms with Crippen molar-refractivity contribution in [1.29, 1.82) is 0 Å². The summed E-state index contributed by atoms with van der Waals surface area (Å²) in [5.74, 6) is 2.51. The van der Waals surface area contributed by atoms with Gasteiger partial charge in [0.15, 0.2) is 5.65 Å². The van der Waals surface area contributed by atoms with Crippen LogP contribution in [0.25, 0.3) is 5.65 Å². The lowest BCUT2D eigenvalue weighted by atomic mass is 9.78. The van der Waals surface area contributed by atoms with Crippen LogP contribution < -0.4 is 15.5 Å². The molecule has 0 spiro atoms. The minimum atomic E-state index is 0.335. The number of nitrogens with zero attached hydrogens (tertiary/aromatic N) is 7. The van der Waals surface area contributed by atoms with E-state index < -0.39 is 0 Å². The number of rotatable bonds is 3. The van der Waals surface area contributed by atoms with Gasteiger partial charge in [0.05, 0.1) is 0 Å². The summed E-state index contributed by atoms with van der Waals surface area (Å²) >= 11 is 0. The van der Waals surface area contributed by atoms with Crippen molar-refractivity contribution in [1.82, 2.24) is 24.6 Å². The molecule has 134 valence electrons. The molecule has 1 aliphatic carbocycles. The van der Waals surface area contributed by atoms with Gasteiger partial charge in [0.25, 0.3) is 0 Å². The summed E-state index contributed by atoms with van der Waals surface area (Å²) in [7, 11) is 0. The van der Waals surface area contributed by atoms with Crippen molar-refractivity contribution >= 4 is 17.3 Å². The van der Waals surface area contributed by atoms with Crippen LogP contribution in [-0.2, 0) is 0 Å². The topological polar surface area (TPSA) is 88.5 Å². The van der Waals surface area contributed by atoms with E-state index >= 15 is 0 Å². The fraction of sp³-hybridized carbons (Fsp3) is 0.444. The third-order valence-electron chi connectivity index (χ3n) is 5.44. The molecule has 2 aliphatic rings. The smallest absolute Gasteiger partial charge is 0.153 e. The Morgan fingerprint density at radius 2 is 1.69 bits per heavy atom. The molecule has 3 aromatic heterocycles. The van der Waals surface area contributed by atoms with Crippen LogP contribution in [0.4, 0.5) is 11.6 Å². The molecule has 0 amide bonds. The third-order valence-corrected chi connectivity index (χ3v) is 5.44. The highest BCUT2D eigenvalue weighted by molar-refractivity contribution is 5.48. The van der Waals surface area contributed by atoms with Crippen molar-refractivity contribution in [3.63, 3.8) is 0 Å². The summed E-state index contributed by atoms with van der Waals surface area (Å²) in [5.41, 5.74) is 7.92. The Morgan fingerprint density at radius 3 is 2.46 bits per heavy atom. The lowest BCUT2D eigenvalue weighted by molar-refractivity contribution is 0.345. The van der Waals surface area contributed by atoms with Gasteiger partial charge in [-0.2, -0.15) is 0 Å². The molecule has 1 aliphatic heterocycles. The Morgan fingerprint density at radius 1 is 0.923 bits per heavy atom. The molecule has 8 heteroatoms. The molecule has 3 aromatic rings. The first-order chi connectivity index (χ1) is 12.8. The first-order valence-electron chi connectivity index (χ1n) is 9.14. The van der Waals surface area contributed by atoms with Gasteiger partial charge in [0, 0.05) is 62.3 Å². The summed E-state index contributed by atoms with van der Waals surface area (Å²) in [6.45, 7) is 3.68. The maximum Gasteiger partial charge on any atom is 0.153 e. The van der Waals surface area contributed by atoms with E-state index in [1.54, 1.807) is 12.5 Å². The fourth-order valence-corrected chi connectivity index (χ4v) is 3.80. The SMILES string of the molecule is NC1CC(c2cc(N3CCN(c4ccc5nccn5n4)CC3)ncn2)C1.